The molecule has 1 heterocycles. The van der Waals surface area contributed by atoms with Crippen LogP contribution in [0.25, 0.3) is 10.9 Å². The van der Waals surface area contributed by atoms with Crippen molar-refractivity contribution < 1.29 is 0 Å². The number of H-pyrrole nitrogens is 2. The first-order valence-corrected chi connectivity index (χ1v) is 5.69. The number of rotatable bonds is 0. The van der Waals surface area contributed by atoms with Gasteiger partial charge in [-0.05, 0) is 40.3 Å². The largest absolute Gasteiger partial charge is 0.331 e. The van der Waals surface area contributed by atoms with Gasteiger partial charge in [-0.1, -0.05) is 15.9 Å². The quantitative estimate of drug-likeness (QED) is 0.727. The Bertz CT molecular complexity index is 617. The molecule has 2 N–H and O–H groups in total. The smallest absolute Gasteiger partial charge is 0.259 e. The maximum absolute atomic E-state index is 11.5. The lowest BCUT2D eigenvalue weighted by atomic mass is 10.2. The second-order valence-electron chi connectivity index (χ2n) is 2.72. The molecule has 0 fully saturated rings. The summed E-state index contributed by atoms with van der Waals surface area (Å²) in [5, 5.41) is 0.569. The summed E-state index contributed by atoms with van der Waals surface area (Å²) >= 11 is 11.5. The zero-order chi connectivity index (χ0) is 10.3. The second-order valence-corrected chi connectivity index (χ2v) is 4.90. The maximum Gasteiger partial charge on any atom is 0.259 e. The summed E-state index contributed by atoms with van der Waals surface area (Å²) in [6.07, 6.45) is 0. The van der Waals surface area contributed by atoms with E-state index in [0.717, 1.165) is 8.95 Å². The highest BCUT2D eigenvalue weighted by atomic mass is 79.9. The van der Waals surface area contributed by atoms with E-state index in [2.05, 4.69) is 41.8 Å². The zero-order valence-corrected chi connectivity index (χ0v) is 10.7. The molecule has 3 nitrogen and oxygen atoms in total. The molecule has 0 bridgehead atoms. The van der Waals surface area contributed by atoms with Gasteiger partial charge in [-0.3, -0.25) is 9.78 Å². The minimum atomic E-state index is -0.189. The van der Waals surface area contributed by atoms with E-state index >= 15 is 0 Å². The molecule has 0 amide bonds. The fourth-order valence-corrected chi connectivity index (χ4v) is 2.71. The monoisotopic (exact) mass is 334 g/mol. The molecule has 6 heteroatoms. The van der Waals surface area contributed by atoms with Gasteiger partial charge in [0, 0.05) is 8.95 Å². The third-order valence-corrected chi connectivity index (χ3v) is 3.05. The Kier molecular flexibility index (Phi) is 2.59. The lowest BCUT2D eigenvalue weighted by molar-refractivity contribution is 1.14. The van der Waals surface area contributed by atoms with Gasteiger partial charge >= 0.3 is 0 Å². The van der Waals surface area contributed by atoms with Crippen molar-refractivity contribution in [1.29, 1.82) is 0 Å². The minimum Gasteiger partial charge on any atom is -0.331 e. The minimum absolute atomic E-state index is 0.189. The Morgan fingerprint density at radius 1 is 1.21 bits per heavy atom. The standard InChI is InChI=1S/C8H4Br2N2OS/c9-3-1-4-6(5(10)2-3)11-8(14)12-7(4)13/h1-2H,(H2,11,12,13,14). The number of benzene rings is 1. The summed E-state index contributed by atoms with van der Waals surface area (Å²) in [5.41, 5.74) is 0.521. The van der Waals surface area contributed by atoms with Gasteiger partial charge in [0.2, 0.25) is 0 Å². The molecule has 2 rings (SSSR count). The highest BCUT2D eigenvalue weighted by Gasteiger charge is 2.04. The van der Waals surface area contributed by atoms with Crippen LogP contribution in [0.1, 0.15) is 0 Å². The average Bonchev–Trinajstić information content (AvgIpc) is 2.07. The molecule has 0 unspecified atom stereocenters. The Morgan fingerprint density at radius 3 is 2.64 bits per heavy atom. The lowest BCUT2D eigenvalue weighted by Gasteiger charge is -2.00. The molecule has 1 aromatic heterocycles. The predicted molar refractivity (Wildman–Crippen MR) is 65.2 cm³/mol. The van der Waals surface area contributed by atoms with Crippen molar-refractivity contribution in [3.05, 3.63) is 36.2 Å². The summed E-state index contributed by atoms with van der Waals surface area (Å²) in [6.45, 7) is 0. The Labute approximate surface area is 101 Å². The molecule has 0 aliphatic heterocycles. The van der Waals surface area contributed by atoms with Crippen LogP contribution in [0.2, 0.25) is 0 Å². The number of aromatic amines is 2. The molecule has 72 valence electrons. The van der Waals surface area contributed by atoms with Crippen molar-refractivity contribution in [2.45, 2.75) is 0 Å². The average molecular weight is 336 g/mol. The van der Waals surface area contributed by atoms with E-state index in [0.29, 0.717) is 15.7 Å². The first-order valence-electron chi connectivity index (χ1n) is 3.69. The molecule has 0 saturated carbocycles. The molecule has 0 atom stereocenters. The molecular formula is C8H4Br2N2OS. The van der Waals surface area contributed by atoms with Crippen molar-refractivity contribution in [2.75, 3.05) is 0 Å². The van der Waals surface area contributed by atoms with E-state index in [1.54, 1.807) is 6.07 Å². The van der Waals surface area contributed by atoms with Gasteiger partial charge < -0.3 is 4.98 Å². The third-order valence-electron chi connectivity index (χ3n) is 1.77. The Morgan fingerprint density at radius 2 is 1.93 bits per heavy atom. The normalized spacial score (nSPS) is 10.7. The molecule has 14 heavy (non-hydrogen) atoms. The molecule has 2 aromatic rings. The van der Waals surface area contributed by atoms with Crippen LogP contribution >= 0.6 is 44.1 Å². The van der Waals surface area contributed by atoms with Crippen LogP contribution in [-0.2, 0) is 0 Å². The summed E-state index contributed by atoms with van der Waals surface area (Å²) in [7, 11) is 0. The highest BCUT2D eigenvalue weighted by molar-refractivity contribution is 9.11. The summed E-state index contributed by atoms with van der Waals surface area (Å²) in [6, 6.07) is 3.59. The molecule has 0 radical (unpaired) electrons. The van der Waals surface area contributed by atoms with Gasteiger partial charge in [0.15, 0.2) is 4.77 Å². The van der Waals surface area contributed by atoms with Crippen molar-refractivity contribution in [2.24, 2.45) is 0 Å². The van der Waals surface area contributed by atoms with Crippen LogP contribution in [0.15, 0.2) is 25.9 Å². The van der Waals surface area contributed by atoms with Gasteiger partial charge in [-0.15, -0.1) is 0 Å². The van der Waals surface area contributed by atoms with Gasteiger partial charge in [0.25, 0.3) is 5.56 Å². The number of halogens is 2. The molecule has 1 aromatic carbocycles. The van der Waals surface area contributed by atoms with Crippen molar-refractivity contribution in [3.8, 4) is 0 Å². The van der Waals surface area contributed by atoms with E-state index in [-0.39, 0.29) is 5.56 Å². The summed E-state index contributed by atoms with van der Waals surface area (Å²) < 4.78 is 1.97. The topological polar surface area (TPSA) is 48.6 Å². The van der Waals surface area contributed by atoms with Gasteiger partial charge in [0.05, 0.1) is 10.9 Å². The van der Waals surface area contributed by atoms with Gasteiger partial charge in [-0.25, -0.2) is 0 Å². The first-order chi connectivity index (χ1) is 6.58. The van der Waals surface area contributed by atoms with Gasteiger partial charge in [-0.2, -0.15) is 0 Å². The third kappa shape index (κ3) is 1.69. The van der Waals surface area contributed by atoms with E-state index in [9.17, 15) is 4.79 Å². The molecule has 0 aliphatic carbocycles. The molecule has 0 saturated heterocycles. The van der Waals surface area contributed by atoms with Crippen LogP contribution in [0.4, 0.5) is 0 Å². The lowest BCUT2D eigenvalue weighted by Crippen LogP contribution is -2.07. The molecular weight excluding hydrogens is 332 g/mol. The predicted octanol–water partition coefficient (Wildman–Crippen LogP) is 3.11. The summed E-state index contributed by atoms with van der Waals surface area (Å²) in [4.78, 5) is 17.0. The molecule has 0 spiro atoms. The first kappa shape index (κ1) is 10.1. The fourth-order valence-electron chi connectivity index (χ4n) is 1.19. The molecule has 0 aliphatic rings. The summed E-state index contributed by atoms with van der Waals surface area (Å²) in [5.74, 6) is 0. The zero-order valence-electron chi connectivity index (χ0n) is 6.73. The highest BCUT2D eigenvalue weighted by Crippen LogP contribution is 2.24. The van der Waals surface area contributed by atoms with Crippen molar-refractivity contribution in [3.63, 3.8) is 0 Å². The van der Waals surface area contributed by atoms with Crippen molar-refractivity contribution in [1.82, 2.24) is 9.97 Å². The maximum atomic E-state index is 11.5. The van der Waals surface area contributed by atoms with E-state index in [4.69, 9.17) is 12.2 Å². The number of aromatic nitrogens is 2. The van der Waals surface area contributed by atoms with Crippen LogP contribution in [-0.4, -0.2) is 9.97 Å². The van der Waals surface area contributed by atoms with Gasteiger partial charge in [0.1, 0.15) is 0 Å². The number of nitrogens with one attached hydrogen (secondary N) is 2. The Balaban J connectivity index is 3.10. The SMILES string of the molecule is O=c1[nH]c(=S)[nH]c2c(Br)cc(Br)cc12. The van der Waals surface area contributed by atoms with Crippen LogP contribution in [0.5, 0.6) is 0 Å². The second kappa shape index (κ2) is 3.60. The number of hydrogen-bond donors (Lipinski definition) is 2. The van der Waals surface area contributed by atoms with Crippen LogP contribution < -0.4 is 5.56 Å². The van der Waals surface area contributed by atoms with E-state index < -0.39 is 0 Å². The van der Waals surface area contributed by atoms with Crippen LogP contribution in [0.3, 0.4) is 0 Å². The fraction of sp³-hybridized carbons (Fsp3) is 0. The number of fused-ring (bicyclic) bond motifs is 1. The van der Waals surface area contributed by atoms with E-state index in [1.165, 1.54) is 0 Å². The van der Waals surface area contributed by atoms with E-state index in [1.807, 2.05) is 6.07 Å². The van der Waals surface area contributed by atoms with Crippen LogP contribution in [0, 0.1) is 4.77 Å². The Hall–Kier alpha value is -0.460. The van der Waals surface area contributed by atoms with Crippen molar-refractivity contribution >= 4 is 55.0 Å². The number of hydrogen-bond acceptors (Lipinski definition) is 2.